The molecule has 0 atom stereocenters. The van der Waals surface area contributed by atoms with Crippen molar-refractivity contribution in [3.8, 4) is 11.1 Å². The van der Waals surface area contributed by atoms with Gasteiger partial charge in [0.2, 0.25) is 0 Å². The molecule has 0 aliphatic heterocycles. The van der Waals surface area contributed by atoms with E-state index in [0.29, 0.717) is 13.2 Å². The van der Waals surface area contributed by atoms with Crippen molar-refractivity contribution in [1.82, 2.24) is 5.32 Å². The predicted molar refractivity (Wildman–Crippen MR) is 111 cm³/mol. The first-order valence-electron chi connectivity index (χ1n) is 9.98. The monoisotopic (exact) mass is 387 g/mol. The zero-order chi connectivity index (χ0) is 19.3. The quantitative estimate of drug-likeness (QED) is 0.515. The molecule has 146 valence electrons. The second-order valence-electron chi connectivity index (χ2n) is 6.89. The lowest BCUT2D eigenvalue weighted by molar-refractivity contribution is 0.181. The minimum Gasteiger partial charge on any atom is -0.307 e. The normalized spacial score (nSPS) is 14.8. The summed E-state index contributed by atoms with van der Waals surface area (Å²) in [5.41, 5.74) is 4.15. The van der Waals surface area contributed by atoms with Crippen LogP contribution in [0.3, 0.4) is 0 Å². The van der Waals surface area contributed by atoms with E-state index in [9.17, 15) is 4.57 Å². The maximum atomic E-state index is 14.4. The summed E-state index contributed by atoms with van der Waals surface area (Å²) >= 11 is 0. The van der Waals surface area contributed by atoms with Gasteiger partial charge in [-0.3, -0.25) is 9.88 Å². The van der Waals surface area contributed by atoms with Crippen LogP contribution in [0.15, 0.2) is 48.5 Å². The van der Waals surface area contributed by atoms with Gasteiger partial charge in [-0.05, 0) is 48.1 Å². The molecule has 0 saturated heterocycles. The lowest BCUT2D eigenvalue weighted by Gasteiger charge is -2.38. The molecule has 0 unspecified atom stereocenters. The molecule has 2 aromatic carbocycles. The average Bonchev–Trinajstić information content (AvgIpc) is 3.01. The van der Waals surface area contributed by atoms with E-state index in [2.05, 4.69) is 36.5 Å². The summed E-state index contributed by atoms with van der Waals surface area (Å²) < 4.78 is 26.5. The van der Waals surface area contributed by atoms with Crippen LogP contribution in [-0.2, 0) is 18.9 Å². The largest absolute Gasteiger partial charge is 0.359 e. The summed E-state index contributed by atoms with van der Waals surface area (Å²) in [5, 5.41) is 2.63. The van der Waals surface area contributed by atoms with E-state index in [1.165, 1.54) is 0 Å². The van der Waals surface area contributed by atoms with Gasteiger partial charge in [0.1, 0.15) is 0 Å². The number of nitrogens with one attached hydrogen (secondary N) is 1. The van der Waals surface area contributed by atoms with Crippen LogP contribution in [0.4, 0.5) is 0 Å². The first kappa shape index (κ1) is 20.3. The molecule has 0 spiro atoms. The summed E-state index contributed by atoms with van der Waals surface area (Å²) in [4.78, 5) is 0. The highest BCUT2D eigenvalue weighted by atomic mass is 31.2. The Labute approximate surface area is 162 Å². The lowest BCUT2D eigenvalue weighted by Crippen LogP contribution is -2.43. The van der Waals surface area contributed by atoms with E-state index in [1.807, 2.05) is 38.1 Å². The fraction of sp³-hybridized carbons (Fsp3) is 0.455. The molecule has 0 heterocycles. The molecule has 5 heteroatoms. The third-order valence-corrected chi connectivity index (χ3v) is 7.40. The third-order valence-electron chi connectivity index (χ3n) is 4.90. The van der Waals surface area contributed by atoms with Crippen LogP contribution in [0.1, 0.15) is 51.2 Å². The van der Waals surface area contributed by atoms with Gasteiger partial charge in [0.15, 0.2) is 5.28 Å². The van der Waals surface area contributed by atoms with Crippen molar-refractivity contribution in [3.63, 3.8) is 0 Å². The molecule has 1 aliphatic rings. The third kappa shape index (κ3) is 3.40. The van der Waals surface area contributed by atoms with Crippen LogP contribution in [-0.4, -0.2) is 19.8 Å². The van der Waals surface area contributed by atoms with Crippen molar-refractivity contribution in [3.05, 3.63) is 59.7 Å². The Kier molecular flexibility index (Phi) is 6.54. The smallest absolute Gasteiger partial charge is 0.307 e. The molecule has 1 N–H and O–H groups in total. The molecule has 3 rings (SSSR count). The van der Waals surface area contributed by atoms with Gasteiger partial charge in [0.25, 0.3) is 0 Å². The van der Waals surface area contributed by atoms with E-state index in [4.69, 9.17) is 9.05 Å². The van der Waals surface area contributed by atoms with Crippen LogP contribution in [0.5, 0.6) is 0 Å². The molecule has 0 saturated carbocycles. The molecular weight excluding hydrogens is 357 g/mol. The fourth-order valence-electron chi connectivity index (χ4n) is 3.75. The minimum absolute atomic E-state index is 0.404. The van der Waals surface area contributed by atoms with Crippen molar-refractivity contribution in [1.29, 1.82) is 0 Å². The van der Waals surface area contributed by atoms with Gasteiger partial charge in [-0.2, -0.15) is 0 Å². The zero-order valence-electron chi connectivity index (χ0n) is 16.5. The molecule has 2 aromatic rings. The second-order valence-corrected chi connectivity index (χ2v) is 9.07. The van der Waals surface area contributed by atoms with Crippen LogP contribution in [0.25, 0.3) is 11.1 Å². The lowest BCUT2D eigenvalue weighted by atomic mass is 10.0. The first-order valence-corrected chi connectivity index (χ1v) is 11.5. The van der Waals surface area contributed by atoms with Crippen molar-refractivity contribution in [2.45, 2.75) is 45.3 Å². The van der Waals surface area contributed by atoms with Gasteiger partial charge in [0, 0.05) is 0 Å². The Morgan fingerprint density at radius 3 is 1.74 bits per heavy atom. The Balaban J connectivity index is 2.27. The van der Waals surface area contributed by atoms with E-state index >= 15 is 0 Å². The summed E-state index contributed by atoms with van der Waals surface area (Å²) in [6.45, 7) is 7.68. The maximum Gasteiger partial charge on any atom is 0.359 e. The Morgan fingerprint density at radius 2 is 1.30 bits per heavy atom. The molecule has 0 radical (unpaired) electrons. The van der Waals surface area contributed by atoms with Crippen molar-refractivity contribution < 1.29 is 13.6 Å². The average molecular weight is 387 g/mol. The highest BCUT2D eigenvalue weighted by Crippen LogP contribution is 2.70. The Morgan fingerprint density at radius 1 is 0.815 bits per heavy atom. The van der Waals surface area contributed by atoms with Gasteiger partial charge >= 0.3 is 7.60 Å². The maximum absolute atomic E-state index is 14.4. The van der Waals surface area contributed by atoms with Gasteiger partial charge in [0.05, 0.1) is 13.2 Å². The summed E-state index contributed by atoms with van der Waals surface area (Å²) in [5.74, 6) is 0. The summed E-state index contributed by atoms with van der Waals surface area (Å²) in [6, 6.07) is 16.3. The second kappa shape index (κ2) is 8.70. The molecule has 0 amide bonds. The predicted octanol–water partition coefficient (Wildman–Crippen LogP) is 5.91. The van der Waals surface area contributed by atoms with Gasteiger partial charge < -0.3 is 9.05 Å². The van der Waals surface area contributed by atoms with Crippen LogP contribution >= 0.6 is 7.60 Å². The van der Waals surface area contributed by atoms with Crippen molar-refractivity contribution in [2.24, 2.45) is 0 Å². The van der Waals surface area contributed by atoms with Gasteiger partial charge in [-0.1, -0.05) is 69.3 Å². The van der Waals surface area contributed by atoms with E-state index in [0.717, 1.165) is 48.1 Å². The standard InChI is InChI=1S/C22H30NO3P/c1-4-15-23-22(27(24,25-16-5-2)26-17-6-3)20-13-9-7-11-18(20)19-12-8-10-14-21(19)22/h7-14,23H,4-6,15-17H2,1-3H3. The number of hydrogen-bond acceptors (Lipinski definition) is 4. The highest BCUT2D eigenvalue weighted by molar-refractivity contribution is 7.55. The van der Waals surface area contributed by atoms with Crippen molar-refractivity contribution >= 4 is 7.60 Å². The highest BCUT2D eigenvalue weighted by Gasteiger charge is 2.58. The molecule has 0 fully saturated rings. The summed E-state index contributed by atoms with van der Waals surface area (Å²) in [6.07, 6.45) is 2.49. The summed E-state index contributed by atoms with van der Waals surface area (Å²) in [7, 11) is -3.54. The van der Waals surface area contributed by atoms with Crippen molar-refractivity contribution in [2.75, 3.05) is 19.8 Å². The fourth-order valence-corrected chi connectivity index (χ4v) is 6.35. The van der Waals surface area contributed by atoms with Gasteiger partial charge in [-0.25, -0.2) is 0 Å². The minimum atomic E-state index is -3.54. The molecule has 0 aromatic heterocycles. The van der Waals surface area contributed by atoms with E-state index < -0.39 is 12.9 Å². The first-order chi connectivity index (χ1) is 13.1. The van der Waals surface area contributed by atoms with E-state index in [-0.39, 0.29) is 0 Å². The zero-order valence-corrected chi connectivity index (χ0v) is 17.4. The number of benzene rings is 2. The number of hydrogen-bond donors (Lipinski definition) is 1. The molecule has 0 bridgehead atoms. The van der Waals surface area contributed by atoms with Crippen LogP contribution < -0.4 is 5.32 Å². The number of fused-ring (bicyclic) bond motifs is 3. The Bertz CT molecular complexity index is 763. The van der Waals surface area contributed by atoms with Gasteiger partial charge in [-0.15, -0.1) is 0 Å². The van der Waals surface area contributed by atoms with Crippen LogP contribution in [0, 0.1) is 0 Å². The van der Waals surface area contributed by atoms with Crippen LogP contribution in [0.2, 0.25) is 0 Å². The SMILES string of the molecule is CCCNC1(P(=O)(OCCC)OCCC)c2ccccc2-c2ccccc21. The molecule has 4 nitrogen and oxygen atoms in total. The molecule has 1 aliphatic carbocycles. The Hall–Kier alpha value is -1.45. The molecular formula is C22H30NO3P. The van der Waals surface area contributed by atoms with E-state index in [1.54, 1.807) is 0 Å². The molecule has 27 heavy (non-hydrogen) atoms. The number of rotatable bonds is 10. The topological polar surface area (TPSA) is 47.6 Å².